The van der Waals surface area contributed by atoms with Gasteiger partial charge in [-0.3, -0.25) is 0 Å². The average Bonchev–Trinajstić information content (AvgIpc) is 2.64. The maximum absolute atomic E-state index is 3.46. The van der Waals surface area contributed by atoms with Crippen LogP contribution in [0.2, 0.25) is 0 Å². The van der Waals surface area contributed by atoms with Gasteiger partial charge in [0, 0.05) is 18.1 Å². The zero-order valence-electron chi connectivity index (χ0n) is 11.6. The molecule has 96 valence electrons. The van der Waals surface area contributed by atoms with Crippen molar-refractivity contribution in [2.24, 2.45) is 7.05 Å². The second-order valence-corrected chi connectivity index (χ2v) is 5.55. The number of aryl methyl sites for hydroxylation is 2. The Morgan fingerprint density at radius 3 is 2.61 bits per heavy atom. The summed E-state index contributed by atoms with van der Waals surface area (Å²) in [7, 11) is 2.20. The van der Waals surface area contributed by atoms with E-state index in [4.69, 9.17) is 0 Å². The van der Waals surface area contributed by atoms with Gasteiger partial charge in [0.25, 0.3) is 0 Å². The number of nitrogens with zero attached hydrogens (tertiary/aromatic N) is 1. The fourth-order valence-electron chi connectivity index (χ4n) is 3.49. The van der Waals surface area contributed by atoms with E-state index in [9.17, 15) is 0 Å². The summed E-state index contributed by atoms with van der Waals surface area (Å²) in [5.74, 6) is 0.733. The highest BCUT2D eigenvalue weighted by Crippen LogP contribution is 2.36. The zero-order valence-corrected chi connectivity index (χ0v) is 11.6. The van der Waals surface area contributed by atoms with E-state index in [0.29, 0.717) is 0 Å². The Hall–Kier alpha value is -1.28. The molecule has 0 aliphatic carbocycles. The second-order valence-electron chi connectivity index (χ2n) is 5.55. The SMILES string of the molecule is Cc1cccc2c(C3CCNCC3)c(C)n(C)c12. The molecular weight excluding hydrogens is 220 g/mol. The third kappa shape index (κ3) is 1.67. The fraction of sp³-hybridized carbons (Fsp3) is 0.500. The minimum absolute atomic E-state index is 0.733. The topological polar surface area (TPSA) is 17.0 Å². The lowest BCUT2D eigenvalue weighted by Crippen LogP contribution is -2.26. The van der Waals surface area contributed by atoms with E-state index in [-0.39, 0.29) is 0 Å². The first kappa shape index (κ1) is 11.8. The summed E-state index contributed by atoms with van der Waals surface area (Å²) in [6, 6.07) is 6.71. The number of hydrogen-bond acceptors (Lipinski definition) is 1. The Labute approximate surface area is 109 Å². The Kier molecular flexibility index (Phi) is 2.90. The Morgan fingerprint density at radius 2 is 1.89 bits per heavy atom. The van der Waals surface area contributed by atoms with Crippen LogP contribution in [-0.4, -0.2) is 17.7 Å². The molecule has 1 N–H and O–H groups in total. The molecule has 1 aromatic heterocycles. The minimum Gasteiger partial charge on any atom is -0.347 e. The molecule has 1 aliphatic rings. The largest absolute Gasteiger partial charge is 0.347 e. The van der Waals surface area contributed by atoms with Crippen LogP contribution >= 0.6 is 0 Å². The van der Waals surface area contributed by atoms with Crippen LogP contribution in [0.4, 0.5) is 0 Å². The van der Waals surface area contributed by atoms with Gasteiger partial charge in [-0.25, -0.2) is 0 Å². The molecule has 18 heavy (non-hydrogen) atoms. The number of benzene rings is 1. The van der Waals surface area contributed by atoms with Crippen LogP contribution in [-0.2, 0) is 7.05 Å². The molecule has 1 aliphatic heterocycles. The van der Waals surface area contributed by atoms with E-state index in [1.807, 2.05) is 0 Å². The first-order chi connectivity index (χ1) is 8.70. The third-order valence-corrected chi connectivity index (χ3v) is 4.50. The van der Waals surface area contributed by atoms with Gasteiger partial charge in [0.05, 0.1) is 5.52 Å². The summed E-state index contributed by atoms with van der Waals surface area (Å²) in [6.45, 7) is 6.81. The first-order valence-corrected chi connectivity index (χ1v) is 6.95. The van der Waals surface area contributed by atoms with Crippen LogP contribution in [0.3, 0.4) is 0 Å². The van der Waals surface area contributed by atoms with Gasteiger partial charge < -0.3 is 9.88 Å². The number of aromatic nitrogens is 1. The Morgan fingerprint density at radius 1 is 1.17 bits per heavy atom. The quantitative estimate of drug-likeness (QED) is 0.812. The van der Waals surface area contributed by atoms with Crippen molar-refractivity contribution in [3.8, 4) is 0 Å². The molecular formula is C16H22N2. The molecule has 0 spiro atoms. The molecule has 2 nitrogen and oxygen atoms in total. The highest BCUT2D eigenvalue weighted by atomic mass is 15.0. The van der Waals surface area contributed by atoms with E-state index in [1.54, 1.807) is 5.56 Å². The number of fused-ring (bicyclic) bond motifs is 1. The maximum atomic E-state index is 3.46. The van der Waals surface area contributed by atoms with Gasteiger partial charge in [0.2, 0.25) is 0 Å². The van der Waals surface area contributed by atoms with E-state index in [0.717, 1.165) is 19.0 Å². The molecule has 0 radical (unpaired) electrons. The summed E-state index contributed by atoms with van der Waals surface area (Å²) < 4.78 is 2.38. The predicted molar refractivity (Wildman–Crippen MR) is 77.2 cm³/mol. The van der Waals surface area contributed by atoms with Gasteiger partial charge in [0.15, 0.2) is 0 Å². The zero-order chi connectivity index (χ0) is 12.7. The Balaban J connectivity index is 2.22. The highest BCUT2D eigenvalue weighted by Gasteiger charge is 2.22. The Bertz CT molecular complexity index is 574. The van der Waals surface area contributed by atoms with E-state index >= 15 is 0 Å². The van der Waals surface area contributed by atoms with Crippen molar-refractivity contribution < 1.29 is 0 Å². The smallest absolute Gasteiger partial charge is 0.0512 e. The van der Waals surface area contributed by atoms with Crippen molar-refractivity contribution >= 4 is 10.9 Å². The summed E-state index contributed by atoms with van der Waals surface area (Å²) in [5, 5.41) is 4.94. The predicted octanol–water partition coefficient (Wildman–Crippen LogP) is 3.26. The van der Waals surface area contributed by atoms with E-state index < -0.39 is 0 Å². The van der Waals surface area contributed by atoms with E-state index in [1.165, 1.54) is 35.0 Å². The molecule has 1 fully saturated rings. The van der Waals surface area contributed by atoms with E-state index in [2.05, 4.69) is 49.0 Å². The molecule has 0 amide bonds. The van der Waals surface area contributed by atoms with Crippen molar-refractivity contribution in [2.75, 3.05) is 13.1 Å². The van der Waals surface area contributed by atoms with Crippen molar-refractivity contribution in [2.45, 2.75) is 32.6 Å². The summed E-state index contributed by atoms with van der Waals surface area (Å²) in [4.78, 5) is 0. The monoisotopic (exact) mass is 242 g/mol. The fourth-order valence-corrected chi connectivity index (χ4v) is 3.49. The molecule has 2 heteroatoms. The van der Waals surface area contributed by atoms with Crippen LogP contribution in [0.1, 0.15) is 35.6 Å². The lowest BCUT2D eigenvalue weighted by atomic mass is 9.88. The average molecular weight is 242 g/mol. The molecule has 2 aromatic rings. The van der Waals surface area contributed by atoms with Gasteiger partial charge >= 0.3 is 0 Å². The normalized spacial score (nSPS) is 17.5. The summed E-state index contributed by atoms with van der Waals surface area (Å²) in [5.41, 5.74) is 5.85. The van der Waals surface area contributed by atoms with Crippen LogP contribution < -0.4 is 5.32 Å². The molecule has 0 unspecified atom stereocenters. The molecule has 0 atom stereocenters. The van der Waals surface area contributed by atoms with Gasteiger partial charge in [-0.05, 0) is 56.8 Å². The van der Waals surface area contributed by atoms with Gasteiger partial charge in [-0.2, -0.15) is 0 Å². The van der Waals surface area contributed by atoms with Crippen LogP contribution in [0, 0.1) is 13.8 Å². The number of para-hydroxylation sites is 1. The first-order valence-electron chi connectivity index (χ1n) is 6.95. The van der Waals surface area contributed by atoms with Crippen LogP contribution in [0.5, 0.6) is 0 Å². The molecule has 1 aromatic carbocycles. The number of hydrogen-bond donors (Lipinski definition) is 1. The van der Waals surface area contributed by atoms with Gasteiger partial charge in [-0.1, -0.05) is 18.2 Å². The standard InChI is InChI=1S/C16H22N2/c1-11-5-4-6-14-15(12(2)18(3)16(11)14)13-7-9-17-10-8-13/h4-6,13,17H,7-10H2,1-3H3. The number of rotatable bonds is 1. The second kappa shape index (κ2) is 4.43. The molecule has 0 saturated carbocycles. The highest BCUT2D eigenvalue weighted by molar-refractivity contribution is 5.88. The lowest BCUT2D eigenvalue weighted by molar-refractivity contribution is 0.460. The summed E-state index contributed by atoms with van der Waals surface area (Å²) >= 11 is 0. The van der Waals surface area contributed by atoms with Crippen molar-refractivity contribution in [3.05, 3.63) is 35.0 Å². The van der Waals surface area contributed by atoms with Crippen LogP contribution in [0.25, 0.3) is 10.9 Å². The molecule has 1 saturated heterocycles. The van der Waals surface area contributed by atoms with Gasteiger partial charge in [-0.15, -0.1) is 0 Å². The van der Waals surface area contributed by atoms with Crippen LogP contribution in [0.15, 0.2) is 18.2 Å². The summed E-state index contributed by atoms with van der Waals surface area (Å²) in [6.07, 6.45) is 2.54. The van der Waals surface area contributed by atoms with Crippen molar-refractivity contribution in [1.82, 2.24) is 9.88 Å². The lowest BCUT2D eigenvalue weighted by Gasteiger charge is -2.23. The minimum atomic E-state index is 0.733. The van der Waals surface area contributed by atoms with Crippen molar-refractivity contribution in [1.29, 1.82) is 0 Å². The molecule has 0 bridgehead atoms. The molecule has 3 rings (SSSR count). The third-order valence-electron chi connectivity index (χ3n) is 4.50. The number of nitrogens with one attached hydrogen (secondary N) is 1. The molecule has 2 heterocycles. The van der Waals surface area contributed by atoms with Crippen molar-refractivity contribution in [3.63, 3.8) is 0 Å². The maximum Gasteiger partial charge on any atom is 0.0512 e. The number of piperidine rings is 1. The van der Waals surface area contributed by atoms with Gasteiger partial charge in [0.1, 0.15) is 0 Å².